The number of methoxy groups -OCH3 is 1. The average molecular weight is 535 g/mol. The molecule has 0 fully saturated rings. The minimum atomic E-state index is -3.59. The van der Waals surface area contributed by atoms with Gasteiger partial charge in [-0.25, -0.2) is 13.2 Å². The predicted molar refractivity (Wildman–Crippen MR) is 152 cm³/mol. The van der Waals surface area contributed by atoms with Gasteiger partial charge in [-0.2, -0.15) is 0 Å². The molecule has 1 heterocycles. The quantitative estimate of drug-likeness (QED) is 0.346. The van der Waals surface area contributed by atoms with E-state index in [9.17, 15) is 13.2 Å². The second-order valence-corrected chi connectivity index (χ2v) is 14.5. The zero-order valence-corrected chi connectivity index (χ0v) is 24.9. The average Bonchev–Trinajstić information content (AvgIpc) is 3.13. The van der Waals surface area contributed by atoms with Gasteiger partial charge >= 0.3 is 5.97 Å². The molecule has 2 aromatic rings. The molecular formula is C28H42N2O4S2. The van der Waals surface area contributed by atoms with Crippen molar-refractivity contribution < 1.29 is 17.9 Å². The highest BCUT2D eigenvalue weighted by Crippen LogP contribution is 2.54. The van der Waals surface area contributed by atoms with Crippen LogP contribution >= 0.6 is 11.3 Å². The lowest BCUT2D eigenvalue weighted by Crippen LogP contribution is -2.32. The number of esters is 1. The molecule has 0 spiro atoms. The van der Waals surface area contributed by atoms with Crippen LogP contribution < -0.4 is 9.62 Å². The van der Waals surface area contributed by atoms with Crippen molar-refractivity contribution in [3.05, 3.63) is 39.8 Å². The number of nitrogens with one attached hydrogen (secondary N) is 1. The highest BCUT2D eigenvalue weighted by molar-refractivity contribution is 7.92. The largest absolute Gasteiger partial charge is 0.465 e. The third kappa shape index (κ3) is 5.75. The molecule has 200 valence electrons. The zero-order chi connectivity index (χ0) is 27.1. The van der Waals surface area contributed by atoms with Crippen molar-refractivity contribution in [2.45, 2.75) is 85.5 Å². The van der Waals surface area contributed by atoms with Gasteiger partial charge in [0.25, 0.3) is 0 Å². The van der Waals surface area contributed by atoms with E-state index in [0.717, 1.165) is 25.1 Å². The number of nitrogens with zero attached hydrogens (tertiary/aromatic N) is 1. The van der Waals surface area contributed by atoms with Crippen LogP contribution in [0.2, 0.25) is 0 Å². The number of carbonyl (C=O) groups is 1. The Bertz CT molecular complexity index is 1230. The van der Waals surface area contributed by atoms with E-state index in [0.29, 0.717) is 12.3 Å². The molecule has 8 heteroatoms. The Kier molecular flexibility index (Phi) is 8.21. The molecule has 0 unspecified atom stereocenters. The number of ether oxygens (including phenoxy) is 1. The van der Waals surface area contributed by atoms with Crippen LogP contribution in [-0.2, 0) is 25.6 Å². The molecule has 0 amide bonds. The lowest BCUT2D eigenvalue weighted by atomic mass is 9.66. The van der Waals surface area contributed by atoms with Crippen LogP contribution in [-0.4, -0.2) is 33.8 Å². The third-order valence-corrected chi connectivity index (χ3v) is 10.2. The maximum Gasteiger partial charge on any atom is 0.339 e. The molecule has 1 aromatic heterocycles. The Hall–Kier alpha value is -2.06. The molecule has 0 aliphatic heterocycles. The lowest BCUT2D eigenvalue weighted by molar-refractivity contribution is 0.0602. The smallest absolute Gasteiger partial charge is 0.339 e. The summed E-state index contributed by atoms with van der Waals surface area (Å²) >= 11 is 1.85. The summed E-state index contributed by atoms with van der Waals surface area (Å²) in [6, 6.07) is 5.33. The van der Waals surface area contributed by atoms with E-state index in [2.05, 4.69) is 58.1 Å². The number of sulfonamides is 1. The molecule has 0 radical (unpaired) electrons. The van der Waals surface area contributed by atoms with Gasteiger partial charge in [0.1, 0.15) is 0 Å². The Morgan fingerprint density at radius 3 is 2.36 bits per heavy atom. The molecule has 0 atom stereocenters. The molecule has 0 saturated heterocycles. The lowest BCUT2D eigenvalue weighted by Gasteiger charge is -2.39. The summed E-state index contributed by atoms with van der Waals surface area (Å²) in [6.07, 6.45) is 2.77. The molecular weight excluding hydrogens is 492 g/mol. The van der Waals surface area contributed by atoms with Gasteiger partial charge in [0.05, 0.1) is 29.1 Å². The van der Waals surface area contributed by atoms with E-state index in [1.165, 1.54) is 28.1 Å². The minimum Gasteiger partial charge on any atom is -0.465 e. The highest BCUT2D eigenvalue weighted by atomic mass is 32.2. The number of hydrogen-bond acceptors (Lipinski definition) is 6. The number of hydrogen-bond donors (Lipinski definition) is 1. The Balaban J connectivity index is 2.21. The van der Waals surface area contributed by atoms with Crippen molar-refractivity contribution >= 4 is 43.7 Å². The molecule has 1 aliphatic rings. The molecule has 0 saturated carbocycles. The van der Waals surface area contributed by atoms with Crippen molar-refractivity contribution in [1.29, 1.82) is 0 Å². The van der Waals surface area contributed by atoms with Crippen LogP contribution in [0.4, 0.5) is 16.4 Å². The van der Waals surface area contributed by atoms with E-state index in [1.807, 2.05) is 24.3 Å². The SMILES string of the molecule is CCCS(=O)(=O)Nc1cc(N(CC(C)C)c2sc3c(c2C)C(C)(C)CCC3(C)C)ccc1C(=O)OC. The van der Waals surface area contributed by atoms with Crippen molar-refractivity contribution in [3.63, 3.8) is 0 Å². The van der Waals surface area contributed by atoms with Crippen LogP contribution in [0.15, 0.2) is 18.2 Å². The van der Waals surface area contributed by atoms with Gasteiger partial charge in [-0.1, -0.05) is 48.5 Å². The van der Waals surface area contributed by atoms with Gasteiger partial charge in [0, 0.05) is 17.1 Å². The van der Waals surface area contributed by atoms with Gasteiger partial charge < -0.3 is 9.64 Å². The second-order valence-electron chi connectivity index (χ2n) is 11.7. The van der Waals surface area contributed by atoms with E-state index in [4.69, 9.17) is 4.74 Å². The van der Waals surface area contributed by atoms with Gasteiger partial charge in [0.2, 0.25) is 10.0 Å². The standard InChI is InChI=1S/C28H42N2O4S2/c1-10-15-36(32,33)29-22-16-20(11-12-21(22)26(31)34-9)30(17-18(2)3)25-19(4)23-24(35-25)28(7,8)14-13-27(23,5)6/h11-12,16,18,29H,10,13-15,17H2,1-9H3. The zero-order valence-electron chi connectivity index (χ0n) is 23.2. The number of thiophene rings is 1. The molecule has 3 rings (SSSR count). The minimum absolute atomic E-state index is 0.0194. The first-order valence-corrected chi connectivity index (χ1v) is 15.2. The first-order valence-electron chi connectivity index (χ1n) is 12.8. The normalized spacial score (nSPS) is 16.5. The second kappa shape index (κ2) is 10.4. The van der Waals surface area contributed by atoms with Crippen LogP contribution in [0.25, 0.3) is 0 Å². The van der Waals surface area contributed by atoms with E-state index < -0.39 is 16.0 Å². The molecule has 36 heavy (non-hydrogen) atoms. The predicted octanol–water partition coefficient (Wildman–Crippen LogP) is 7.14. The van der Waals surface area contributed by atoms with E-state index >= 15 is 0 Å². The van der Waals surface area contributed by atoms with Crippen LogP contribution in [0, 0.1) is 12.8 Å². The fraction of sp³-hybridized carbons (Fsp3) is 0.607. The highest BCUT2D eigenvalue weighted by Gasteiger charge is 2.41. The van der Waals surface area contributed by atoms with Gasteiger partial charge in [-0.05, 0) is 72.3 Å². The van der Waals surface area contributed by atoms with Gasteiger partial charge in [0.15, 0.2) is 0 Å². The van der Waals surface area contributed by atoms with Crippen molar-refractivity contribution in [1.82, 2.24) is 0 Å². The third-order valence-electron chi connectivity index (χ3n) is 7.04. The number of rotatable bonds is 9. The van der Waals surface area contributed by atoms with Crippen LogP contribution in [0.1, 0.15) is 94.1 Å². The first kappa shape index (κ1) is 28.5. The Morgan fingerprint density at radius 1 is 1.17 bits per heavy atom. The summed E-state index contributed by atoms with van der Waals surface area (Å²) in [6.45, 7) is 18.5. The summed E-state index contributed by atoms with van der Waals surface area (Å²) in [5, 5.41) is 1.19. The molecule has 1 aromatic carbocycles. The fourth-order valence-electron chi connectivity index (χ4n) is 5.14. The Morgan fingerprint density at radius 2 is 1.81 bits per heavy atom. The van der Waals surface area contributed by atoms with E-state index in [-0.39, 0.29) is 27.8 Å². The number of benzene rings is 1. The van der Waals surface area contributed by atoms with Gasteiger partial charge in [-0.15, -0.1) is 11.3 Å². The fourth-order valence-corrected chi connectivity index (χ4v) is 7.94. The Labute approximate surface area is 221 Å². The van der Waals surface area contributed by atoms with Crippen molar-refractivity contribution in [3.8, 4) is 0 Å². The first-order chi connectivity index (χ1) is 16.6. The van der Waals surface area contributed by atoms with Crippen LogP contribution in [0.3, 0.4) is 0 Å². The number of fused-ring (bicyclic) bond motifs is 1. The summed E-state index contributed by atoms with van der Waals surface area (Å²) in [5.74, 6) is -0.225. The summed E-state index contributed by atoms with van der Waals surface area (Å²) in [7, 11) is -2.29. The maximum absolute atomic E-state index is 12.6. The van der Waals surface area contributed by atoms with Crippen molar-refractivity contribution in [2.75, 3.05) is 29.0 Å². The maximum atomic E-state index is 12.6. The molecule has 1 aliphatic carbocycles. The van der Waals surface area contributed by atoms with Gasteiger partial charge in [-0.3, -0.25) is 4.72 Å². The monoisotopic (exact) mass is 534 g/mol. The molecule has 1 N–H and O–H groups in total. The van der Waals surface area contributed by atoms with E-state index in [1.54, 1.807) is 12.1 Å². The number of anilines is 3. The summed E-state index contributed by atoms with van der Waals surface area (Å²) < 4.78 is 32.9. The topological polar surface area (TPSA) is 75.7 Å². The molecule has 0 bridgehead atoms. The van der Waals surface area contributed by atoms with Crippen LogP contribution in [0.5, 0.6) is 0 Å². The molecule has 6 nitrogen and oxygen atoms in total. The van der Waals surface area contributed by atoms with Crippen molar-refractivity contribution in [2.24, 2.45) is 5.92 Å². The summed E-state index contributed by atoms with van der Waals surface area (Å²) in [4.78, 5) is 16.2. The summed E-state index contributed by atoms with van der Waals surface area (Å²) in [5.41, 5.74) is 4.25. The number of carbonyl (C=O) groups excluding carboxylic acids is 1.